The van der Waals surface area contributed by atoms with E-state index in [1.165, 1.54) is 47.5 Å². The van der Waals surface area contributed by atoms with Gasteiger partial charge in [0.25, 0.3) is 5.56 Å². The highest BCUT2D eigenvalue weighted by Gasteiger charge is 2.19. The molecule has 0 radical (unpaired) electrons. The van der Waals surface area contributed by atoms with E-state index in [1.807, 2.05) is 14.1 Å². The summed E-state index contributed by atoms with van der Waals surface area (Å²) in [5.41, 5.74) is 19.4. The molecule has 3 aliphatic rings. The number of nitrogens with one attached hydrogen (secondary N) is 1. The number of carbonyl (C=O) groups excluding carboxylic acids is 3. The summed E-state index contributed by atoms with van der Waals surface area (Å²) in [6.07, 6.45) is 10.9. The topological polar surface area (TPSA) is 218 Å². The minimum absolute atomic E-state index is 0.0234. The van der Waals surface area contributed by atoms with Gasteiger partial charge in [0.05, 0.1) is 48.8 Å². The standard InChI is InChI=1S/C48H42F2N12O4/c1-60-10-9-53-47(60)24-61(2)55-21-35-15-30(3-4-32(35)27-65)34-18-42(50)40-12-29(26-64)14-46(58-44(40)20-34)59-54-8-7-37(51)23-62-48(66)38-6-5-31(16-36(38)22-56-62)33-17-41(49)39-11-28(25-63)13-45(52)57-43(39)19-33/h3-8,11-12,15-22,25-27H,9-10,13-14,23-24,51H2,1-2H3,(H2,52,57)(H,58,59)/b37-7?,54-8?,55-21-. The van der Waals surface area contributed by atoms with E-state index in [9.17, 15) is 19.2 Å². The van der Waals surface area contributed by atoms with Crippen LogP contribution in [0.4, 0.5) is 20.2 Å². The van der Waals surface area contributed by atoms with Gasteiger partial charge in [0.15, 0.2) is 6.29 Å². The van der Waals surface area contributed by atoms with E-state index < -0.39 is 17.2 Å². The summed E-state index contributed by atoms with van der Waals surface area (Å²) in [6, 6.07) is 16.1. The van der Waals surface area contributed by atoms with Gasteiger partial charge in [-0.05, 0) is 82.9 Å². The van der Waals surface area contributed by atoms with Crippen molar-refractivity contribution in [1.82, 2.24) is 25.1 Å². The molecule has 3 aliphatic heterocycles. The van der Waals surface area contributed by atoms with Crippen LogP contribution in [-0.2, 0) is 16.1 Å². The molecule has 8 rings (SSSR count). The Kier molecular flexibility index (Phi) is 12.7. The maximum atomic E-state index is 15.8. The molecule has 4 heterocycles. The molecule has 5 N–H and O–H groups in total. The molecule has 16 nitrogen and oxygen atoms in total. The third kappa shape index (κ3) is 9.66. The first-order valence-corrected chi connectivity index (χ1v) is 20.6. The van der Waals surface area contributed by atoms with Crippen molar-refractivity contribution in [2.45, 2.75) is 19.4 Å². The Hall–Kier alpha value is -8.54. The first-order valence-electron chi connectivity index (χ1n) is 20.6. The van der Waals surface area contributed by atoms with E-state index in [0.717, 1.165) is 25.2 Å². The van der Waals surface area contributed by atoms with Crippen molar-refractivity contribution in [3.8, 4) is 22.3 Å². The number of nitrogens with zero attached hydrogens (tertiary/aromatic N) is 9. The Morgan fingerprint density at radius 1 is 0.864 bits per heavy atom. The van der Waals surface area contributed by atoms with Gasteiger partial charge >= 0.3 is 0 Å². The molecule has 4 aromatic carbocycles. The van der Waals surface area contributed by atoms with Crippen LogP contribution in [0.15, 0.2) is 120 Å². The van der Waals surface area contributed by atoms with Crippen LogP contribution in [0, 0.1) is 11.6 Å². The summed E-state index contributed by atoms with van der Waals surface area (Å²) in [5, 5.41) is 15.6. The molecule has 66 heavy (non-hydrogen) atoms. The van der Waals surface area contributed by atoms with Crippen LogP contribution in [0.5, 0.6) is 0 Å². The molecule has 5 aromatic rings. The maximum Gasteiger partial charge on any atom is 0.274 e. The summed E-state index contributed by atoms with van der Waals surface area (Å²) in [6.45, 7) is 2.00. The van der Waals surface area contributed by atoms with Gasteiger partial charge in [0.1, 0.15) is 41.7 Å². The van der Waals surface area contributed by atoms with Crippen LogP contribution in [0.2, 0.25) is 0 Å². The number of aliphatic imine (C=N–C) groups is 3. The van der Waals surface area contributed by atoms with Crippen molar-refractivity contribution in [1.29, 1.82) is 0 Å². The fourth-order valence-electron chi connectivity index (χ4n) is 7.56. The zero-order valence-corrected chi connectivity index (χ0v) is 35.8. The van der Waals surface area contributed by atoms with Gasteiger partial charge < -0.3 is 16.4 Å². The number of likely N-dealkylation sites (N-methyl/N-ethyl adjacent to an activating group) is 2. The Labute approximate surface area is 376 Å². The highest BCUT2D eigenvalue weighted by Crippen LogP contribution is 2.36. The average Bonchev–Trinajstić information content (AvgIpc) is 3.50. The third-order valence-electron chi connectivity index (χ3n) is 11.0. The minimum atomic E-state index is -0.602. The fraction of sp³-hybridized carbons (Fsp3) is 0.167. The highest BCUT2D eigenvalue weighted by atomic mass is 19.1. The van der Waals surface area contributed by atoms with Gasteiger partial charge in [0, 0.05) is 84.2 Å². The Balaban J connectivity index is 0.972. The van der Waals surface area contributed by atoms with Crippen LogP contribution in [0.25, 0.3) is 45.2 Å². The number of rotatable bonds is 13. The van der Waals surface area contributed by atoms with Gasteiger partial charge in [-0.2, -0.15) is 15.3 Å². The van der Waals surface area contributed by atoms with Crippen LogP contribution >= 0.6 is 0 Å². The van der Waals surface area contributed by atoms with Crippen molar-refractivity contribution >= 4 is 83.1 Å². The molecule has 0 bridgehead atoms. The normalized spacial score (nSPS) is 15.0. The van der Waals surface area contributed by atoms with Crippen LogP contribution in [0.1, 0.15) is 39.9 Å². The van der Waals surface area contributed by atoms with E-state index in [4.69, 9.17) is 11.5 Å². The second kappa shape index (κ2) is 19.1. The second-order valence-corrected chi connectivity index (χ2v) is 15.8. The van der Waals surface area contributed by atoms with Crippen molar-refractivity contribution in [3.63, 3.8) is 0 Å². The lowest BCUT2D eigenvalue weighted by Crippen LogP contribution is -2.31. The van der Waals surface area contributed by atoms with Gasteiger partial charge in [-0.3, -0.25) is 34.6 Å². The van der Waals surface area contributed by atoms with Crippen molar-refractivity contribution in [2.75, 3.05) is 33.7 Å². The smallest absolute Gasteiger partial charge is 0.274 e. The summed E-state index contributed by atoms with van der Waals surface area (Å²) in [7, 11) is 3.78. The summed E-state index contributed by atoms with van der Waals surface area (Å²) < 4.78 is 32.2. The summed E-state index contributed by atoms with van der Waals surface area (Å²) >= 11 is 0. The molecule has 18 heteroatoms. The molecule has 0 saturated carbocycles. The van der Waals surface area contributed by atoms with E-state index >= 15 is 8.78 Å². The predicted molar refractivity (Wildman–Crippen MR) is 253 cm³/mol. The minimum Gasteiger partial charge on any atom is -0.400 e. The third-order valence-corrected chi connectivity index (χ3v) is 11.0. The molecule has 0 spiro atoms. The van der Waals surface area contributed by atoms with Gasteiger partial charge in [-0.25, -0.2) is 23.4 Å². The molecular formula is C48H42F2N12O4. The van der Waals surface area contributed by atoms with E-state index in [-0.39, 0.29) is 64.8 Å². The van der Waals surface area contributed by atoms with Crippen LogP contribution < -0.4 is 22.5 Å². The van der Waals surface area contributed by atoms with E-state index in [2.05, 4.69) is 40.6 Å². The number of aromatic nitrogens is 2. The van der Waals surface area contributed by atoms with Crippen molar-refractivity contribution < 1.29 is 23.2 Å². The largest absolute Gasteiger partial charge is 0.400 e. The molecule has 0 saturated heterocycles. The Bertz CT molecular complexity index is 3150. The van der Waals surface area contributed by atoms with Gasteiger partial charge in [0.2, 0.25) is 0 Å². The molecule has 0 atom stereocenters. The second-order valence-electron chi connectivity index (χ2n) is 15.8. The van der Waals surface area contributed by atoms with Gasteiger partial charge in [-0.1, -0.05) is 18.2 Å². The quantitative estimate of drug-likeness (QED) is 0.0762. The SMILES string of the molecule is CN(CC1=NCCN1C)/N=C\c1cc(-c2cc(F)c3c(c2)N=C(NN=CC=C(N)Cn2ncc4cc(-c5cc(F)c6c(c5)N=C(N)CC(C=O)=C6)ccc4c2=O)CC(C=O)=C3)ccc1C=O. The fourth-order valence-corrected chi connectivity index (χ4v) is 7.56. The lowest BCUT2D eigenvalue weighted by atomic mass is 9.97. The lowest BCUT2D eigenvalue weighted by molar-refractivity contribution is -0.105. The van der Waals surface area contributed by atoms with Gasteiger partial charge in [-0.15, -0.1) is 0 Å². The Morgan fingerprint density at radius 2 is 1.55 bits per heavy atom. The highest BCUT2D eigenvalue weighted by molar-refractivity contribution is 6.01. The number of fused-ring (bicyclic) bond motifs is 3. The first kappa shape index (κ1) is 44.1. The monoisotopic (exact) mass is 888 g/mol. The number of nitrogens with two attached hydrogens (primary N) is 2. The molecule has 0 aliphatic carbocycles. The number of allylic oxidation sites excluding steroid dienone is 2. The van der Waals surface area contributed by atoms with E-state index in [1.54, 1.807) is 59.8 Å². The molecular weight excluding hydrogens is 847 g/mol. The number of aldehydes is 3. The molecule has 0 unspecified atom stereocenters. The van der Waals surface area contributed by atoms with E-state index in [0.29, 0.717) is 68.8 Å². The van der Waals surface area contributed by atoms with Crippen LogP contribution in [-0.4, -0.2) is 102 Å². The molecule has 0 fully saturated rings. The number of hydrogen-bond acceptors (Lipinski definition) is 15. The van der Waals surface area contributed by atoms with Crippen LogP contribution in [0.3, 0.4) is 0 Å². The number of hydrazone groups is 2. The summed E-state index contributed by atoms with van der Waals surface area (Å²) in [4.78, 5) is 64.3. The number of carbonyl (C=O) groups is 3. The first-order chi connectivity index (χ1) is 31.9. The zero-order valence-electron chi connectivity index (χ0n) is 35.8. The average molecular weight is 889 g/mol. The number of amidine groups is 3. The summed E-state index contributed by atoms with van der Waals surface area (Å²) in [5.74, 6) is 0.167. The lowest BCUT2D eigenvalue weighted by Gasteiger charge is -2.18. The predicted octanol–water partition coefficient (Wildman–Crippen LogP) is 5.54. The zero-order chi connectivity index (χ0) is 46.5. The molecule has 0 amide bonds. The van der Waals surface area contributed by atoms with Crippen molar-refractivity contribution in [2.24, 2.45) is 36.6 Å². The number of halogens is 2. The Morgan fingerprint density at radius 3 is 2.23 bits per heavy atom. The van der Waals surface area contributed by atoms with Crippen molar-refractivity contribution in [3.05, 3.63) is 134 Å². The maximum absolute atomic E-state index is 15.8. The number of hydrogen-bond donors (Lipinski definition) is 3. The molecule has 332 valence electrons. The molecule has 1 aromatic heterocycles. The number of benzene rings is 4.